The topological polar surface area (TPSA) is 84.1 Å². The Labute approximate surface area is 193 Å². The highest BCUT2D eigenvalue weighted by Crippen LogP contribution is 2.39. The first-order valence-electron chi connectivity index (χ1n) is 11.7. The van der Waals surface area contributed by atoms with Crippen LogP contribution in [0.25, 0.3) is 16.8 Å². The van der Waals surface area contributed by atoms with Crippen LogP contribution >= 0.6 is 0 Å². The number of carbonyl (C=O) groups excluding carboxylic acids is 1. The van der Waals surface area contributed by atoms with E-state index in [1.807, 2.05) is 53.6 Å². The fourth-order valence-electron chi connectivity index (χ4n) is 5.51. The summed E-state index contributed by atoms with van der Waals surface area (Å²) in [5.74, 6) is -0.314. The van der Waals surface area contributed by atoms with Gasteiger partial charge in [0, 0.05) is 18.3 Å². The summed E-state index contributed by atoms with van der Waals surface area (Å²) in [5.41, 5.74) is 2.78. The minimum Gasteiger partial charge on any atom is -0.497 e. The molecule has 1 amide bonds. The molecular weight excluding hydrogens is 418 g/mol. The van der Waals surface area contributed by atoms with Crippen LogP contribution in [-0.2, 0) is 9.59 Å². The summed E-state index contributed by atoms with van der Waals surface area (Å²) < 4.78 is 7.47. The molecule has 2 aliphatic rings. The lowest BCUT2D eigenvalue weighted by molar-refractivity contribution is -0.152. The van der Waals surface area contributed by atoms with E-state index in [0.717, 1.165) is 54.0 Å². The molecule has 1 saturated carbocycles. The number of hydrogen-bond acceptors (Lipinski definition) is 4. The van der Waals surface area contributed by atoms with Gasteiger partial charge in [0.1, 0.15) is 11.6 Å². The molecule has 2 aromatic heterocycles. The summed E-state index contributed by atoms with van der Waals surface area (Å²) in [6.45, 7) is 0.641. The van der Waals surface area contributed by atoms with Crippen molar-refractivity contribution in [3.63, 3.8) is 0 Å². The highest BCUT2D eigenvalue weighted by atomic mass is 16.5. The van der Waals surface area contributed by atoms with Crippen molar-refractivity contribution in [2.24, 2.45) is 11.8 Å². The summed E-state index contributed by atoms with van der Waals surface area (Å²) in [6, 6.07) is 13.7. The number of imidazole rings is 1. The van der Waals surface area contributed by atoms with Crippen LogP contribution in [0.2, 0.25) is 0 Å². The third-order valence-corrected chi connectivity index (χ3v) is 7.15. The minimum absolute atomic E-state index is 0.0276. The number of carbonyl (C=O) groups is 2. The molecule has 3 aromatic rings. The van der Waals surface area contributed by atoms with E-state index in [4.69, 9.17) is 9.72 Å². The Kier molecular flexibility index (Phi) is 5.79. The van der Waals surface area contributed by atoms with E-state index in [9.17, 15) is 14.7 Å². The first-order chi connectivity index (χ1) is 16.1. The van der Waals surface area contributed by atoms with E-state index in [2.05, 4.69) is 4.40 Å². The lowest BCUT2D eigenvalue weighted by Gasteiger charge is -2.33. The first-order valence-corrected chi connectivity index (χ1v) is 11.7. The molecule has 1 aliphatic carbocycles. The zero-order valence-electron chi connectivity index (χ0n) is 18.8. The standard InChI is InChI=1S/C26H29N3O4/c1-33-18-9-6-8-17(16-18)23-21-12-4-5-14-28(21)24(27-23)22-13-7-15-29(22)25(30)19-10-2-3-11-20(19)26(31)32/h4-6,8-9,12,14,16,19-20,22H,2-3,7,10-11,13,15H2,1H3,(H,31,32). The van der Waals surface area contributed by atoms with Gasteiger partial charge in [-0.2, -0.15) is 0 Å². The fourth-order valence-corrected chi connectivity index (χ4v) is 5.51. The van der Waals surface area contributed by atoms with Crippen LogP contribution in [0.1, 0.15) is 50.4 Å². The van der Waals surface area contributed by atoms with Crippen LogP contribution in [0.4, 0.5) is 0 Å². The van der Waals surface area contributed by atoms with Gasteiger partial charge in [-0.05, 0) is 49.9 Å². The van der Waals surface area contributed by atoms with Crippen molar-refractivity contribution in [3.05, 3.63) is 54.5 Å². The average Bonchev–Trinajstić information content (AvgIpc) is 3.48. The number of likely N-dealkylation sites (tertiary alicyclic amines) is 1. The van der Waals surface area contributed by atoms with Crippen molar-refractivity contribution < 1.29 is 19.4 Å². The molecule has 0 radical (unpaired) electrons. The maximum Gasteiger partial charge on any atom is 0.307 e. The quantitative estimate of drug-likeness (QED) is 0.620. The highest BCUT2D eigenvalue weighted by molar-refractivity contribution is 5.85. The molecule has 0 spiro atoms. The van der Waals surface area contributed by atoms with E-state index in [0.29, 0.717) is 19.4 Å². The third-order valence-electron chi connectivity index (χ3n) is 7.15. The molecule has 7 heteroatoms. The summed E-state index contributed by atoms with van der Waals surface area (Å²) in [7, 11) is 1.65. The van der Waals surface area contributed by atoms with Gasteiger partial charge in [-0.1, -0.05) is 31.0 Å². The molecule has 1 aliphatic heterocycles. The Balaban J connectivity index is 1.53. The summed E-state index contributed by atoms with van der Waals surface area (Å²) in [4.78, 5) is 32.4. The van der Waals surface area contributed by atoms with Gasteiger partial charge in [0.15, 0.2) is 0 Å². The molecular formula is C26H29N3O4. The van der Waals surface area contributed by atoms with Crippen molar-refractivity contribution in [2.45, 2.75) is 44.6 Å². The lowest BCUT2D eigenvalue weighted by atomic mass is 9.78. The Morgan fingerprint density at radius 3 is 2.64 bits per heavy atom. The van der Waals surface area contributed by atoms with Crippen LogP contribution in [0.3, 0.4) is 0 Å². The number of aromatic nitrogens is 2. The van der Waals surface area contributed by atoms with Crippen LogP contribution in [0.5, 0.6) is 5.75 Å². The first kappa shape index (κ1) is 21.5. The number of nitrogens with zero attached hydrogens (tertiary/aromatic N) is 3. The predicted octanol–water partition coefficient (Wildman–Crippen LogP) is 4.56. The molecule has 3 unspecified atom stereocenters. The summed E-state index contributed by atoms with van der Waals surface area (Å²) >= 11 is 0. The van der Waals surface area contributed by atoms with Gasteiger partial charge in [0.25, 0.3) is 0 Å². The number of carboxylic acid groups (broad SMARTS) is 1. The van der Waals surface area contributed by atoms with Crippen LogP contribution in [0, 0.1) is 11.8 Å². The molecule has 3 atom stereocenters. The number of pyridine rings is 1. The fraction of sp³-hybridized carbons (Fsp3) is 0.423. The van der Waals surface area contributed by atoms with Crippen LogP contribution < -0.4 is 4.74 Å². The molecule has 1 saturated heterocycles. The van der Waals surface area contributed by atoms with Gasteiger partial charge in [-0.15, -0.1) is 0 Å². The molecule has 1 N–H and O–H groups in total. The van der Waals surface area contributed by atoms with Crippen molar-refractivity contribution in [1.82, 2.24) is 14.3 Å². The van der Waals surface area contributed by atoms with Crippen molar-refractivity contribution in [3.8, 4) is 17.0 Å². The van der Waals surface area contributed by atoms with E-state index < -0.39 is 17.8 Å². The number of aliphatic carboxylic acids is 1. The predicted molar refractivity (Wildman–Crippen MR) is 124 cm³/mol. The Morgan fingerprint density at radius 1 is 1.03 bits per heavy atom. The second kappa shape index (κ2) is 8.89. The number of amides is 1. The lowest BCUT2D eigenvalue weighted by Crippen LogP contribution is -2.42. The second-order valence-electron chi connectivity index (χ2n) is 9.03. The normalized spacial score (nSPS) is 23.1. The van der Waals surface area contributed by atoms with Gasteiger partial charge in [0.2, 0.25) is 5.91 Å². The number of hydrogen-bond donors (Lipinski definition) is 1. The number of rotatable bonds is 5. The number of methoxy groups -OCH3 is 1. The van der Waals surface area contributed by atoms with Crippen molar-refractivity contribution in [1.29, 1.82) is 0 Å². The largest absolute Gasteiger partial charge is 0.497 e. The number of carboxylic acids is 1. The Hall–Kier alpha value is -3.35. The van der Waals surface area contributed by atoms with E-state index in [-0.39, 0.29) is 11.9 Å². The molecule has 0 bridgehead atoms. The van der Waals surface area contributed by atoms with Gasteiger partial charge >= 0.3 is 5.97 Å². The van der Waals surface area contributed by atoms with Crippen LogP contribution in [-0.4, -0.2) is 44.9 Å². The second-order valence-corrected chi connectivity index (χ2v) is 9.03. The molecule has 3 heterocycles. The minimum atomic E-state index is -0.852. The Bertz CT molecular complexity index is 1190. The van der Waals surface area contributed by atoms with Crippen molar-refractivity contribution >= 4 is 17.4 Å². The molecule has 1 aromatic carbocycles. The molecule has 172 valence electrons. The smallest absolute Gasteiger partial charge is 0.307 e. The number of fused-ring (bicyclic) bond motifs is 1. The summed E-state index contributed by atoms with van der Waals surface area (Å²) in [5, 5.41) is 9.70. The SMILES string of the molecule is COc1cccc(-c2nc(C3CCCN3C(=O)C3CCCCC3C(=O)O)n3ccccc23)c1. The number of ether oxygens (including phenoxy) is 1. The number of benzene rings is 1. The maximum atomic E-state index is 13.6. The zero-order valence-corrected chi connectivity index (χ0v) is 18.8. The molecule has 33 heavy (non-hydrogen) atoms. The average molecular weight is 448 g/mol. The zero-order chi connectivity index (χ0) is 22.9. The van der Waals surface area contributed by atoms with E-state index >= 15 is 0 Å². The monoisotopic (exact) mass is 447 g/mol. The molecule has 5 rings (SSSR count). The van der Waals surface area contributed by atoms with E-state index in [1.165, 1.54) is 0 Å². The van der Waals surface area contributed by atoms with Crippen molar-refractivity contribution in [2.75, 3.05) is 13.7 Å². The van der Waals surface area contributed by atoms with Gasteiger partial charge in [-0.3, -0.25) is 9.59 Å². The molecule has 2 fully saturated rings. The van der Waals surface area contributed by atoms with E-state index in [1.54, 1.807) is 7.11 Å². The highest BCUT2D eigenvalue weighted by Gasteiger charge is 2.42. The van der Waals surface area contributed by atoms with Gasteiger partial charge in [0.05, 0.1) is 36.2 Å². The molecule has 7 nitrogen and oxygen atoms in total. The van der Waals surface area contributed by atoms with Gasteiger partial charge in [-0.25, -0.2) is 4.98 Å². The summed E-state index contributed by atoms with van der Waals surface area (Å²) in [6.07, 6.45) is 6.71. The van der Waals surface area contributed by atoms with Crippen LogP contribution in [0.15, 0.2) is 48.7 Å². The van der Waals surface area contributed by atoms with Gasteiger partial charge < -0.3 is 19.1 Å². The Morgan fingerprint density at radius 2 is 1.85 bits per heavy atom. The maximum absolute atomic E-state index is 13.6. The third kappa shape index (κ3) is 3.86.